The van der Waals surface area contributed by atoms with E-state index in [9.17, 15) is 15.0 Å². The average molecular weight is 613 g/mol. The van der Waals surface area contributed by atoms with Gasteiger partial charge in [-0.05, 0) is 67.3 Å². The molecule has 43 heavy (non-hydrogen) atoms. The third-order valence-electron chi connectivity index (χ3n) is 7.19. The zero-order valence-electron chi connectivity index (χ0n) is 25.4. The molecule has 1 fully saturated rings. The third-order valence-corrected chi connectivity index (χ3v) is 7.72. The highest BCUT2D eigenvalue weighted by molar-refractivity contribution is 6.32. The van der Waals surface area contributed by atoms with E-state index < -0.39 is 12.1 Å². The van der Waals surface area contributed by atoms with Gasteiger partial charge >= 0.3 is 5.97 Å². The van der Waals surface area contributed by atoms with E-state index >= 15 is 0 Å². The van der Waals surface area contributed by atoms with Crippen molar-refractivity contribution >= 4 is 17.6 Å². The monoisotopic (exact) mass is 612 g/mol. The fraction of sp³-hybridized carbons (Fsp3) is 0.441. The molecule has 9 heteroatoms. The number of aliphatic hydroxyl groups is 1. The highest BCUT2D eigenvalue weighted by atomic mass is 35.5. The van der Waals surface area contributed by atoms with Crippen molar-refractivity contribution < 1.29 is 38.7 Å². The zero-order chi connectivity index (χ0) is 31.1. The molecule has 0 spiro atoms. The van der Waals surface area contributed by atoms with Crippen molar-refractivity contribution in [1.29, 1.82) is 0 Å². The van der Waals surface area contributed by atoms with Gasteiger partial charge in [0.05, 0.1) is 24.8 Å². The standard InChI is InChI=1S/C34H41ClO8/c1-21-17-27(41-19-22-11-7-6-8-12-22)31(24(30(21)35)20-42-28-13-9-10-16-40-28)43-26-15-14-23(25(36)18-34(2,3)4)32(39-5)29(26)33(37)38/h6-8,11-12,14-15,17,25,28,36H,9-10,13,16,18-20H2,1-5H3,(H,37,38)/t25-,28?/m0/s1. The number of halogens is 1. The molecule has 2 atom stereocenters. The predicted molar refractivity (Wildman–Crippen MR) is 164 cm³/mol. The smallest absolute Gasteiger partial charge is 0.343 e. The minimum atomic E-state index is -1.27. The number of carboxylic acids is 1. The normalized spacial score (nSPS) is 16.0. The second kappa shape index (κ2) is 14.4. The van der Waals surface area contributed by atoms with Crippen LogP contribution in [0.1, 0.15) is 85.2 Å². The molecule has 3 aromatic carbocycles. The van der Waals surface area contributed by atoms with Crippen molar-refractivity contribution in [3.8, 4) is 23.0 Å². The Labute approximate surface area is 258 Å². The summed E-state index contributed by atoms with van der Waals surface area (Å²) < 4.78 is 30.1. The fourth-order valence-electron chi connectivity index (χ4n) is 5.06. The maximum absolute atomic E-state index is 12.6. The predicted octanol–water partition coefficient (Wildman–Crippen LogP) is 8.24. The second-order valence-electron chi connectivity index (χ2n) is 11.9. The van der Waals surface area contributed by atoms with E-state index in [2.05, 4.69) is 0 Å². The number of carboxylic acid groups (broad SMARTS) is 1. The van der Waals surface area contributed by atoms with Gasteiger partial charge in [-0.3, -0.25) is 0 Å². The second-order valence-corrected chi connectivity index (χ2v) is 12.3. The average Bonchev–Trinajstić information content (AvgIpc) is 2.97. The minimum absolute atomic E-state index is 0.00991. The SMILES string of the molecule is COc1c([C@@H](O)CC(C)(C)C)ccc(Oc2c(OCc3ccccc3)cc(C)c(Cl)c2COC2CCCCO2)c1C(=O)O. The number of aryl methyl sites for hydroxylation is 1. The number of rotatable bonds is 12. The van der Waals surface area contributed by atoms with Crippen LogP contribution < -0.4 is 14.2 Å². The maximum Gasteiger partial charge on any atom is 0.343 e. The van der Waals surface area contributed by atoms with Crippen LogP contribution in [0, 0.1) is 12.3 Å². The van der Waals surface area contributed by atoms with Crippen LogP contribution in [0.3, 0.4) is 0 Å². The lowest BCUT2D eigenvalue weighted by molar-refractivity contribution is -0.169. The molecule has 8 nitrogen and oxygen atoms in total. The topological polar surface area (TPSA) is 104 Å². The lowest BCUT2D eigenvalue weighted by Gasteiger charge is -2.26. The van der Waals surface area contributed by atoms with E-state index in [1.54, 1.807) is 12.1 Å². The summed E-state index contributed by atoms with van der Waals surface area (Å²) in [7, 11) is 1.37. The van der Waals surface area contributed by atoms with Gasteiger partial charge in [-0.15, -0.1) is 0 Å². The lowest BCUT2D eigenvalue weighted by Crippen LogP contribution is -2.22. The number of aliphatic hydroxyl groups excluding tert-OH is 1. The van der Waals surface area contributed by atoms with Crippen molar-refractivity contribution in [2.75, 3.05) is 13.7 Å². The molecule has 1 heterocycles. The van der Waals surface area contributed by atoms with Gasteiger partial charge < -0.3 is 33.9 Å². The van der Waals surface area contributed by atoms with Gasteiger partial charge in [-0.25, -0.2) is 4.79 Å². The molecule has 0 bridgehead atoms. The number of ether oxygens (including phenoxy) is 5. The summed E-state index contributed by atoms with van der Waals surface area (Å²) in [6.07, 6.45) is 1.81. The largest absolute Gasteiger partial charge is 0.495 e. The Hall–Kier alpha value is -3.30. The molecule has 1 unspecified atom stereocenters. The van der Waals surface area contributed by atoms with Crippen molar-refractivity contribution in [1.82, 2.24) is 0 Å². The summed E-state index contributed by atoms with van der Waals surface area (Å²) in [5.74, 6) is -0.623. The summed E-state index contributed by atoms with van der Waals surface area (Å²) >= 11 is 6.83. The maximum atomic E-state index is 12.6. The van der Waals surface area contributed by atoms with Gasteiger partial charge in [0.25, 0.3) is 0 Å². The van der Waals surface area contributed by atoms with Crippen molar-refractivity contribution in [2.45, 2.75) is 79.0 Å². The van der Waals surface area contributed by atoms with E-state index in [0.29, 0.717) is 34.9 Å². The molecule has 1 aliphatic heterocycles. The fourth-order valence-corrected chi connectivity index (χ4v) is 5.26. The van der Waals surface area contributed by atoms with Gasteiger partial charge in [0.2, 0.25) is 0 Å². The molecule has 0 saturated carbocycles. The number of methoxy groups -OCH3 is 1. The minimum Gasteiger partial charge on any atom is -0.495 e. The van der Waals surface area contributed by atoms with Crippen LogP contribution in [0.2, 0.25) is 5.02 Å². The van der Waals surface area contributed by atoms with Crippen LogP contribution in [0.15, 0.2) is 48.5 Å². The first-order valence-corrected chi connectivity index (χ1v) is 14.9. The summed E-state index contributed by atoms with van der Waals surface area (Å²) in [5, 5.41) is 21.7. The molecule has 232 valence electrons. The number of benzene rings is 3. The third kappa shape index (κ3) is 8.42. The molecule has 4 rings (SSSR count). The number of aromatic carboxylic acids is 1. The molecular weight excluding hydrogens is 572 g/mol. The Morgan fingerprint density at radius 1 is 1.07 bits per heavy atom. The molecule has 3 aromatic rings. The Morgan fingerprint density at radius 2 is 1.81 bits per heavy atom. The molecular formula is C34H41ClO8. The van der Waals surface area contributed by atoms with E-state index in [-0.39, 0.29) is 47.7 Å². The molecule has 0 amide bonds. The summed E-state index contributed by atoms with van der Waals surface area (Å²) in [4.78, 5) is 12.6. The van der Waals surface area contributed by atoms with Crippen LogP contribution in [-0.4, -0.2) is 36.2 Å². The molecule has 0 aromatic heterocycles. The van der Waals surface area contributed by atoms with Crippen molar-refractivity contribution in [2.24, 2.45) is 5.41 Å². The number of carbonyl (C=O) groups is 1. The Bertz CT molecular complexity index is 1390. The van der Waals surface area contributed by atoms with E-state index in [0.717, 1.165) is 30.4 Å². The van der Waals surface area contributed by atoms with Gasteiger partial charge in [0.1, 0.15) is 23.7 Å². The van der Waals surface area contributed by atoms with E-state index in [1.807, 2.05) is 58.0 Å². The summed E-state index contributed by atoms with van der Waals surface area (Å²) in [6.45, 7) is 8.78. The van der Waals surface area contributed by atoms with E-state index in [1.165, 1.54) is 13.2 Å². The highest BCUT2D eigenvalue weighted by Gasteiger charge is 2.29. The molecule has 1 saturated heterocycles. The quantitative estimate of drug-likeness (QED) is 0.211. The van der Waals surface area contributed by atoms with Crippen molar-refractivity contribution in [3.05, 3.63) is 81.4 Å². The van der Waals surface area contributed by atoms with Crippen LogP contribution in [0.5, 0.6) is 23.0 Å². The first-order chi connectivity index (χ1) is 20.5. The number of hydrogen-bond donors (Lipinski definition) is 2. The summed E-state index contributed by atoms with van der Waals surface area (Å²) in [6, 6.07) is 14.6. The summed E-state index contributed by atoms with van der Waals surface area (Å²) in [5.41, 5.74) is 2.13. The van der Waals surface area contributed by atoms with Crippen molar-refractivity contribution in [3.63, 3.8) is 0 Å². The van der Waals surface area contributed by atoms with Crippen LogP contribution in [0.25, 0.3) is 0 Å². The van der Waals surface area contributed by atoms with Crippen LogP contribution in [-0.2, 0) is 22.7 Å². The van der Waals surface area contributed by atoms with Gasteiger partial charge in [-0.2, -0.15) is 0 Å². The lowest BCUT2D eigenvalue weighted by atomic mass is 9.86. The highest BCUT2D eigenvalue weighted by Crippen LogP contribution is 2.46. The van der Waals surface area contributed by atoms with Crippen LogP contribution in [0.4, 0.5) is 0 Å². The first kappa shape index (κ1) is 32.6. The first-order valence-electron chi connectivity index (χ1n) is 14.5. The molecule has 2 N–H and O–H groups in total. The van der Waals surface area contributed by atoms with Gasteiger partial charge in [0, 0.05) is 17.7 Å². The Kier molecular flexibility index (Phi) is 11.0. The molecule has 1 aliphatic rings. The Balaban J connectivity index is 1.79. The van der Waals surface area contributed by atoms with E-state index in [4.69, 9.17) is 35.3 Å². The van der Waals surface area contributed by atoms with Gasteiger partial charge in [0.15, 0.2) is 17.8 Å². The Morgan fingerprint density at radius 3 is 2.44 bits per heavy atom. The zero-order valence-corrected chi connectivity index (χ0v) is 26.2. The number of hydrogen-bond acceptors (Lipinski definition) is 7. The van der Waals surface area contributed by atoms with Gasteiger partial charge in [-0.1, -0.05) is 62.7 Å². The molecule has 0 radical (unpaired) electrons. The molecule has 0 aliphatic carbocycles. The van der Waals surface area contributed by atoms with Crippen LogP contribution >= 0.6 is 11.6 Å².